The molecule has 4 nitrogen and oxygen atoms in total. The molecule has 3 rings (SSSR count). The topological polar surface area (TPSA) is 46.9 Å². The molecular formula is C19H16F3N3O. The number of carbonyl (C=O) groups excluding carboxylic acids is 1. The Morgan fingerprint density at radius 1 is 1.04 bits per heavy atom. The Bertz CT molecular complexity index is 888. The number of halogens is 3. The molecule has 1 heterocycles. The van der Waals surface area contributed by atoms with E-state index in [0.717, 1.165) is 23.5 Å². The first-order valence-electron chi connectivity index (χ1n) is 7.99. The average Bonchev–Trinajstić information content (AvgIpc) is 3.11. The lowest BCUT2D eigenvalue weighted by Gasteiger charge is -2.09. The van der Waals surface area contributed by atoms with Crippen molar-refractivity contribution in [3.8, 4) is 5.69 Å². The molecule has 0 radical (unpaired) electrons. The van der Waals surface area contributed by atoms with Crippen LogP contribution in [0.4, 0.5) is 13.2 Å². The monoisotopic (exact) mass is 359 g/mol. The van der Waals surface area contributed by atoms with Crippen molar-refractivity contribution >= 4 is 5.91 Å². The maximum absolute atomic E-state index is 12.7. The van der Waals surface area contributed by atoms with Gasteiger partial charge in [-0.15, -0.1) is 0 Å². The lowest BCUT2D eigenvalue weighted by Crippen LogP contribution is -2.26. The molecule has 0 saturated carbocycles. The minimum absolute atomic E-state index is 0.0189. The van der Waals surface area contributed by atoms with Gasteiger partial charge in [0.2, 0.25) is 0 Å². The van der Waals surface area contributed by atoms with Gasteiger partial charge in [-0.3, -0.25) is 4.79 Å². The quantitative estimate of drug-likeness (QED) is 0.752. The average molecular weight is 359 g/mol. The van der Waals surface area contributed by atoms with Crippen LogP contribution in [-0.2, 0) is 12.6 Å². The van der Waals surface area contributed by atoms with Crippen molar-refractivity contribution in [2.24, 2.45) is 0 Å². The van der Waals surface area contributed by atoms with Crippen LogP contribution in [0.3, 0.4) is 0 Å². The van der Waals surface area contributed by atoms with Gasteiger partial charge >= 0.3 is 6.18 Å². The molecule has 0 atom stereocenters. The highest BCUT2D eigenvalue weighted by Crippen LogP contribution is 2.29. The summed E-state index contributed by atoms with van der Waals surface area (Å²) in [7, 11) is 0. The van der Waals surface area contributed by atoms with Gasteiger partial charge in [-0.25, -0.2) is 4.68 Å². The molecule has 0 saturated heterocycles. The molecule has 1 N–H and O–H groups in total. The van der Waals surface area contributed by atoms with E-state index in [9.17, 15) is 18.0 Å². The molecule has 0 spiro atoms. The van der Waals surface area contributed by atoms with Crippen LogP contribution in [0.5, 0.6) is 0 Å². The van der Waals surface area contributed by atoms with Crippen LogP contribution in [0.2, 0.25) is 0 Å². The number of para-hydroxylation sites is 1. The number of benzene rings is 2. The second-order valence-corrected chi connectivity index (χ2v) is 5.67. The molecule has 0 aliphatic carbocycles. The molecule has 134 valence electrons. The Balaban J connectivity index is 1.57. The van der Waals surface area contributed by atoms with Gasteiger partial charge in [0.05, 0.1) is 16.9 Å². The highest BCUT2D eigenvalue weighted by atomic mass is 19.4. The Labute approximate surface area is 148 Å². The van der Waals surface area contributed by atoms with Gasteiger partial charge in [0.25, 0.3) is 5.91 Å². The Morgan fingerprint density at radius 3 is 2.54 bits per heavy atom. The van der Waals surface area contributed by atoms with E-state index in [1.54, 1.807) is 4.68 Å². The first-order chi connectivity index (χ1) is 12.4. The van der Waals surface area contributed by atoms with Crippen LogP contribution < -0.4 is 5.32 Å². The highest BCUT2D eigenvalue weighted by molar-refractivity contribution is 5.94. The zero-order valence-electron chi connectivity index (χ0n) is 13.7. The summed E-state index contributed by atoms with van der Waals surface area (Å²) in [5.41, 5.74) is 0.839. The largest absolute Gasteiger partial charge is 0.416 e. The van der Waals surface area contributed by atoms with Gasteiger partial charge in [-0.05, 0) is 36.4 Å². The number of hydrogen-bond donors (Lipinski definition) is 1. The number of rotatable bonds is 5. The predicted octanol–water partition coefficient (Wildman–Crippen LogP) is 3.86. The standard InChI is InChI=1S/C19H16F3N3O/c20-19(21,22)15-6-4-5-14(13-15)18(26)23-11-9-16-10-12-25(24-16)17-7-2-1-3-8-17/h1-8,10,12-13H,9,11H2,(H,23,26). The minimum Gasteiger partial charge on any atom is -0.352 e. The minimum atomic E-state index is -4.47. The van der Waals surface area contributed by atoms with Crippen LogP contribution in [0, 0.1) is 0 Å². The van der Waals surface area contributed by atoms with Crippen molar-refractivity contribution in [3.63, 3.8) is 0 Å². The van der Waals surface area contributed by atoms with Crippen molar-refractivity contribution in [2.45, 2.75) is 12.6 Å². The summed E-state index contributed by atoms with van der Waals surface area (Å²) in [4.78, 5) is 12.0. The molecule has 26 heavy (non-hydrogen) atoms. The summed E-state index contributed by atoms with van der Waals surface area (Å²) in [5.74, 6) is -0.543. The first-order valence-corrected chi connectivity index (χ1v) is 7.99. The number of nitrogens with one attached hydrogen (secondary N) is 1. The van der Waals surface area contributed by atoms with Crippen LogP contribution >= 0.6 is 0 Å². The number of amides is 1. The molecule has 0 unspecified atom stereocenters. The number of aromatic nitrogens is 2. The summed E-state index contributed by atoms with van der Waals surface area (Å²) >= 11 is 0. The SMILES string of the molecule is O=C(NCCc1ccn(-c2ccccc2)n1)c1cccc(C(F)(F)F)c1. The molecule has 0 bridgehead atoms. The second-order valence-electron chi connectivity index (χ2n) is 5.67. The number of nitrogens with zero attached hydrogens (tertiary/aromatic N) is 2. The van der Waals surface area contributed by atoms with E-state index >= 15 is 0 Å². The van der Waals surface area contributed by atoms with Crippen molar-refractivity contribution in [1.82, 2.24) is 15.1 Å². The molecule has 3 aromatic rings. The summed E-state index contributed by atoms with van der Waals surface area (Å²) in [6.45, 7) is 0.279. The summed E-state index contributed by atoms with van der Waals surface area (Å²) < 4.78 is 39.8. The fraction of sp³-hybridized carbons (Fsp3) is 0.158. The number of alkyl halides is 3. The highest BCUT2D eigenvalue weighted by Gasteiger charge is 2.30. The Morgan fingerprint density at radius 2 is 1.81 bits per heavy atom. The van der Waals surface area contributed by atoms with Crippen LogP contribution in [0.15, 0.2) is 66.9 Å². The molecule has 0 aliphatic heterocycles. The van der Waals surface area contributed by atoms with Gasteiger partial charge in [-0.2, -0.15) is 18.3 Å². The second kappa shape index (κ2) is 7.43. The summed E-state index contributed by atoms with van der Waals surface area (Å²) in [6.07, 6.45) is -2.18. The fourth-order valence-corrected chi connectivity index (χ4v) is 2.46. The van der Waals surface area contributed by atoms with Crippen molar-refractivity contribution < 1.29 is 18.0 Å². The molecule has 0 aliphatic rings. The van der Waals surface area contributed by atoms with E-state index in [0.29, 0.717) is 6.42 Å². The molecule has 7 heteroatoms. The zero-order valence-corrected chi connectivity index (χ0v) is 13.7. The number of hydrogen-bond acceptors (Lipinski definition) is 2. The van der Waals surface area contributed by atoms with Gasteiger partial charge in [0, 0.05) is 24.7 Å². The van der Waals surface area contributed by atoms with Gasteiger partial charge in [-0.1, -0.05) is 24.3 Å². The fourth-order valence-electron chi connectivity index (χ4n) is 2.46. The van der Waals surface area contributed by atoms with Crippen LogP contribution in [0.25, 0.3) is 5.69 Å². The van der Waals surface area contributed by atoms with E-state index < -0.39 is 17.6 Å². The Kier molecular flexibility index (Phi) is 5.06. The Hall–Kier alpha value is -3.09. The predicted molar refractivity (Wildman–Crippen MR) is 91.0 cm³/mol. The third-order valence-electron chi connectivity index (χ3n) is 3.78. The lowest BCUT2D eigenvalue weighted by molar-refractivity contribution is -0.137. The van der Waals surface area contributed by atoms with Gasteiger partial charge < -0.3 is 5.32 Å². The lowest BCUT2D eigenvalue weighted by atomic mass is 10.1. The molecule has 2 aromatic carbocycles. The van der Waals surface area contributed by atoms with Crippen molar-refractivity contribution in [2.75, 3.05) is 6.54 Å². The molecule has 1 amide bonds. The third-order valence-corrected chi connectivity index (χ3v) is 3.78. The van der Waals surface area contributed by atoms with Crippen LogP contribution in [-0.4, -0.2) is 22.2 Å². The maximum Gasteiger partial charge on any atom is 0.416 e. The third kappa shape index (κ3) is 4.30. The summed E-state index contributed by atoms with van der Waals surface area (Å²) in [6, 6.07) is 15.8. The zero-order chi connectivity index (χ0) is 18.6. The maximum atomic E-state index is 12.7. The first kappa shape index (κ1) is 17.7. The van der Waals surface area contributed by atoms with E-state index in [1.165, 1.54) is 12.1 Å². The summed E-state index contributed by atoms with van der Waals surface area (Å²) in [5, 5.41) is 7.03. The normalized spacial score (nSPS) is 11.3. The number of carbonyl (C=O) groups is 1. The smallest absolute Gasteiger partial charge is 0.352 e. The van der Waals surface area contributed by atoms with E-state index in [4.69, 9.17) is 0 Å². The molecule has 1 aromatic heterocycles. The van der Waals surface area contributed by atoms with E-state index in [1.807, 2.05) is 42.6 Å². The van der Waals surface area contributed by atoms with Gasteiger partial charge in [0.1, 0.15) is 0 Å². The van der Waals surface area contributed by atoms with Crippen molar-refractivity contribution in [3.05, 3.63) is 83.7 Å². The van der Waals surface area contributed by atoms with E-state index in [-0.39, 0.29) is 12.1 Å². The van der Waals surface area contributed by atoms with Gasteiger partial charge in [0.15, 0.2) is 0 Å². The van der Waals surface area contributed by atoms with Crippen LogP contribution in [0.1, 0.15) is 21.6 Å². The molecular weight excluding hydrogens is 343 g/mol. The molecule has 0 fully saturated rings. The van der Waals surface area contributed by atoms with Crippen molar-refractivity contribution in [1.29, 1.82) is 0 Å². The van der Waals surface area contributed by atoms with E-state index in [2.05, 4.69) is 10.4 Å².